The lowest BCUT2D eigenvalue weighted by molar-refractivity contribution is 0.398. The number of hydrogen-bond acceptors (Lipinski definition) is 5. The maximum atomic E-state index is 5.88. The smallest absolute Gasteiger partial charge is 0.188 e. The lowest BCUT2D eigenvalue weighted by Crippen LogP contribution is -1.93. The van der Waals surface area contributed by atoms with Crippen molar-refractivity contribution in [2.75, 3.05) is 7.11 Å². The number of nitrogens with zero attached hydrogens (tertiary/aromatic N) is 2. The van der Waals surface area contributed by atoms with Gasteiger partial charge in [0, 0.05) is 0 Å². The van der Waals surface area contributed by atoms with Gasteiger partial charge in [-0.05, 0) is 12.1 Å². The van der Waals surface area contributed by atoms with Crippen molar-refractivity contribution in [2.24, 2.45) is 0 Å². The largest absolute Gasteiger partial charge is 0.491 e. The van der Waals surface area contributed by atoms with E-state index in [0.29, 0.717) is 21.7 Å². The van der Waals surface area contributed by atoms with Crippen molar-refractivity contribution in [3.05, 3.63) is 35.6 Å². The molecule has 0 aliphatic carbocycles. The van der Waals surface area contributed by atoms with E-state index >= 15 is 0 Å². The molecule has 0 aliphatic rings. The second kappa shape index (κ2) is 5.23. The number of ether oxygens (including phenoxy) is 1. The van der Waals surface area contributed by atoms with Crippen LogP contribution < -0.4 is 4.74 Å². The zero-order valence-corrected chi connectivity index (χ0v) is 10.1. The van der Waals surface area contributed by atoms with Crippen LogP contribution in [0.3, 0.4) is 0 Å². The molecule has 0 unspecified atom stereocenters. The Kier molecular flexibility index (Phi) is 3.69. The van der Waals surface area contributed by atoms with E-state index in [1.54, 1.807) is 13.4 Å². The average molecular weight is 257 g/mol. The topological polar surface area (TPSA) is 48.2 Å². The number of halogens is 1. The summed E-state index contributed by atoms with van der Waals surface area (Å²) in [6.07, 6.45) is 3.05. The van der Waals surface area contributed by atoms with Crippen LogP contribution in [0.15, 0.2) is 34.2 Å². The molecule has 0 aromatic carbocycles. The van der Waals surface area contributed by atoms with E-state index in [1.807, 2.05) is 12.1 Å². The molecule has 0 atom stereocenters. The molecule has 0 fully saturated rings. The number of furan rings is 1. The van der Waals surface area contributed by atoms with E-state index < -0.39 is 0 Å². The van der Waals surface area contributed by atoms with Gasteiger partial charge in [0.25, 0.3) is 0 Å². The van der Waals surface area contributed by atoms with E-state index in [2.05, 4.69) is 9.97 Å². The van der Waals surface area contributed by atoms with Gasteiger partial charge >= 0.3 is 0 Å². The molecule has 4 nitrogen and oxygen atoms in total. The molecule has 2 heterocycles. The first-order valence-corrected chi connectivity index (χ1v) is 5.87. The van der Waals surface area contributed by atoms with E-state index in [-0.39, 0.29) is 0 Å². The molecule has 0 amide bonds. The van der Waals surface area contributed by atoms with Gasteiger partial charge in [-0.25, -0.2) is 9.97 Å². The summed E-state index contributed by atoms with van der Waals surface area (Å²) < 4.78 is 10.4. The number of aromatic nitrogens is 2. The second-order valence-corrected chi connectivity index (χ2v) is 4.19. The fourth-order valence-electron chi connectivity index (χ4n) is 1.15. The Hall–Kier alpha value is -1.20. The van der Waals surface area contributed by atoms with Crippen LogP contribution in [-0.2, 0) is 5.75 Å². The van der Waals surface area contributed by atoms with Crippen molar-refractivity contribution in [3.63, 3.8) is 0 Å². The van der Waals surface area contributed by atoms with Crippen molar-refractivity contribution >= 4 is 23.4 Å². The summed E-state index contributed by atoms with van der Waals surface area (Å²) >= 11 is 7.37. The highest BCUT2D eigenvalue weighted by atomic mass is 35.5. The van der Waals surface area contributed by atoms with Crippen LogP contribution in [0.4, 0.5) is 0 Å². The molecule has 2 aromatic rings. The molecule has 0 bridgehead atoms. The summed E-state index contributed by atoms with van der Waals surface area (Å²) in [7, 11) is 1.54. The lowest BCUT2D eigenvalue weighted by Gasteiger charge is -2.06. The van der Waals surface area contributed by atoms with Crippen molar-refractivity contribution in [3.8, 4) is 5.75 Å². The molecular weight excluding hydrogens is 248 g/mol. The van der Waals surface area contributed by atoms with Gasteiger partial charge in [-0.3, -0.25) is 0 Å². The Morgan fingerprint density at radius 2 is 2.38 bits per heavy atom. The highest BCUT2D eigenvalue weighted by Crippen LogP contribution is 2.33. The third-order valence-electron chi connectivity index (χ3n) is 1.86. The number of rotatable bonds is 4. The average Bonchev–Trinajstić information content (AvgIpc) is 2.79. The SMILES string of the molecule is COc1c(Cl)ncnc1SCc1ccco1. The maximum absolute atomic E-state index is 5.88. The van der Waals surface area contributed by atoms with Crippen LogP contribution in [0.1, 0.15) is 5.76 Å². The Labute approximate surface area is 102 Å². The van der Waals surface area contributed by atoms with E-state index in [0.717, 1.165) is 5.76 Å². The Morgan fingerprint density at radius 3 is 3.06 bits per heavy atom. The van der Waals surface area contributed by atoms with E-state index in [9.17, 15) is 0 Å². The monoisotopic (exact) mass is 256 g/mol. The molecule has 0 saturated carbocycles. The summed E-state index contributed by atoms with van der Waals surface area (Å²) in [6, 6.07) is 3.75. The predicted molar refractivity (Wildman–Crippen MR) is 61.9 cm³/mol. The van der Waals surface area contributed by atoms with Gasteiger partial charge in [0.2, 0.25) is 0 Å². The molecule has 84 valence electrons. The summed E-state index contributed by atoms with van der Waals surface area (Å²) in [6.45, 7) is 0. The van der Waals surface area contributed by atoms with E-state index in [4.69, 9.17) is 20.8 Å². The highest BCUT2D eigenvalue weighted by molar-refractivity contribution is 7.98. The molecule has 0 aliphatic heterocycles. The molecule has 6 heteroatoms. The van der Waals surface area contributed by atoms with Crippen LogP contribution in [0, 0.1) is 0 Å². The summed E-state index contributed by atoms with van der Waals surface area (Å²) in [5.74, 6) is 2.05. The van der Waals surface area contributed by atoms with Crippen molar-refractivity contribution < 1.29 is 9.15 Å². The quantitative estimate of drug-likeness (QED) is 0.622. The van der Waals surface area contributed by atoms with E-state index in [1.165, 1.54) is 18.1 Å². The second-order valence-electron chi connectivity index (χ2n) is 2.87. The minimum Gasteiger partial charge on any atom is -0.491 e. The predicted octanol–water partition coefficient (Wildman–Crippen LogP) is 3.02. The lowest BCUT2D eigenvalue weighted by atomic mass is 10.5. The maximum Gasteiger partial charge on any atom is 0.188 e. The fourth-order valence-corrected chi connectivity index (χ4v) is 2.29. The number of thioether (sulfide) groups is 1. The molecule has 2 rings (SSSR count). The van der Waals surface area contributed by atoms with Gasteiger partial charge in [-0.1, -0.05) is 23.4 Å². The third kappa shape index (κ3) is 2.48. The van der Waals surface area contributed by atoms with Crippen LogP contribution in [0.25, 0.3) is 0 Å². The molecule has 0 N–H and O–H groups in total. The van der Waals surface area contributed by atoms with Crippen molar-refractivity contribution in [1.29, 1.82) is 0 Å². The van der Waals surface area contributed by atoms with Gasteiger partial charge in [-0.2, -0.15) is 0 Å². The minimum absolute atomic E-state index is 0.319. The summed E-state index contributed by atoms with van der Waals surface area (Å²) in [5.41, 5.74) is 0. The molecular formula is C10H9ClN2O2S. The van der Waals surface area contributed by atoms with Gasteiger partial charge in [0.1, 0.15) is 17.1 Å². The third-order valence-corrected chi connectivity index (χ3v) is 3.13. The van der Waals surface area contributed by atoms with Gasteiger partial charge in [0.15, 0.2) is 10.9 Å². The first kappa shape index (κ1) is 11.3. The minimum atomic E-state index is 0.319. The Bertz CT molecular complexity index is 462. The first-order chi connectivity index (χ1) is 7.81. The number of hydrogen-bond donors (Lipinski definition) is 0. The van der Waals surface area contributed by atoms with Gasteiger partial charge in [-0.15, -0.1) is 0 Å². The molecule has 0 radical (unpaired) electrons. The van der Waals surface area contributed by atoms with Crippen molar-refractivity contribution in [2.45, 2.75) is 10.8 Å². The first-order valence-electron chi connectivity index (χ1n) is 4.51. The molecule has 2 aromatic heterocycles. The highest BCUT2D eigenvalue weighted by Gasteiger charge is 2.11. The fraction of sp³-hybridized carbons (Fsp3) is 0.200. The standard InChI is InChI=1S/C10H9ClN2O2S/c1-14-8-9(11)12-6-13-10(8)16-5-7-3-2-4-15-7/h2-4,6H,5H2,1H3. The molecule has 16 heavy (non-hydrogen) atoms. The molecule has 0 saturated heterocycles. The molecule has 0 spiro atoms. The summed E-state index contributed by atoms with van der Waals surface area (Å²) in [5, 5.41) is 1.03. The van der Waals surface area contributed by atoms with Gasteiger partial charge < -0.3 is 9.15 Å². The van der Waals surface area contributed by atoms with Crippen LogP contribution in [0.5, 0.6) is 5.75 Å². The zero-order chi connectivity index (χ0) is 11.4. The summed E-state index contributed by atoms with van der Waals surface area (Å²) in [4.78, 5) is 7.96. The van der Waals surface area contributed by atoms with Crippen LogP contribution in [0.2, 0.25) is 5.15 Å². The normalized spacial score (nSPS) is 10.4. The van der Waals surface area contributed by atoms with Crippen LogP contribution >= 0.6 is 23.4 Å². The zero-order valence-electron chi connectivity index (χ0n) is 8.51. The van der Waals surface area contributed by atoms with Crippen LogP contribution in [-0.4, -0.2) is 17.1 Å². The Morgan fingerprint density at radius 1 is 1.50 bits per heavy atom. The number of methoxy groups -OCH3 is 1. The van der Waals surface area contributed by atoms with Crippen molar-refractivity contribution in [1.82, 2.24) is 9.97 Å². The Balaban J connectivity index is 2.12. The van der Waals surface area contributed by atoms with Gasteiger partial charge in [0.05, 0.1) is 19.1 Å².